The van der Waals surface area contributed by atoms with Gasteiger partial charge in [-0.25, -0.2) is 0 Å². The molecule has 2 rings (SSSR count). The number of rotatable bonds is 6. The summed E-state index contributed by atoms with van der Waals surface area (Å²) in [4.78, 5) is 6.59. The van der Waals surface area contributed by atoms with E-state index in [4.69, 9.17) is 4.74 Å². The van der Waals surface area contributed by atoms with Crippen LogP contribution in [0.4, 0.5) is 0 Å². The number of benzene rings is 1. The van der Waals surface area contributed by atoms with Crippen molar-refractivity contribution in [1.29, 1.82) is 0 Å². The van der Waals surface area contributed by atoms with Gasteiger partial charge in [0.05, 0.1) is 13.2 Å². The Labute approximate surface area is 115 Å². The molecule has 4 nitrogen and oxygen atoms in total. The van der Waals surface area contributed by atoms with Crippen LogP contribution < -0.4 is 5.32 Å². The molecule has 0 amide bonds. The average molecular weight is 261 g/mol. The van der Waals surface area contributed by atoms with E-state index in [2.05, 4.69) is 53.4 Å². The molecule has 0 unspecified atom stereocenters. The number of likely N-dealkylation sites (N-methyl/N-ethyl adjacent to an activating group) is 1. The highest BCUT2D eigenvalue weighted by Crippen LogP contribution is 2.10. The van der Waals surface area contributed by atoms with Crippen molar-refractivity contribution in [3.05, 3.63) is 35.4 Å². The summed E-state index contributed by atoms with van der Waals surface area (Å²) in [6.07, 6.45) is 1.06. The largest absolute Gasteiger partial charge is 0.377 e. The van der Waals surface area contributed by atoms with Crippen LogP contribution in [0.2, 0.25) is 0 Å². The van der Waals surface area contributed by atoms with Gasteiger partial charge in [0.2, 0.25) is 0 Å². The maximum Gasteiger partial charge on any atom is 0.194 e. The van der Waals surface area contributed by atoms with Crippen LogP contribution in [0.25, 0.3) is 0 Å². The number of hydrogen-bond donors (Lipinski definition) is 1. The lowest BCUT2D eigenvalue weighted by atomic mass is 10.1. The molecule has 1 N–H and O–H groups in total. The summed E-state index contributed by atoms with van der Waals surface area (Å²) in [5.41, 5.74) is 2.53. The topological polar surface area (TPSA) is 36.9 Å². The Hall–Kier alpha value is -1.55. The molecular weight excluding hydrogens is 238 g/mol. The second-order valence-corrected chi connectivity index (χ2v) is 4.80. The van der Waals surface area contributed by atoms with E-state index in [0.717, 1.165) is 38.6 Å². The highest BCUT2D eigenvalue weighted by molar-refractivity contribution is 5.81. The van der Waals surface area contributed by atoms with Crippen LogP contribution in [-0.2, 0) is 17.9 Å². The number of aliphatic imine (C=N–C) groups is 1. The van der Waals surface area contributed by atoms with Gasteiger partial charge < -0.3 is 15.0 Å². The van der Waals surface area contributed by atoms with Crippen molar-refractivity contribution in [2.24, 2.45) is 4.99 Å². The van der Waals surface area contributed by atoms with Gasteiger partial charge in [-0.3, -0.25) is 4.99 Å². The van der Waals surface area contributed by atoms with Gasteiger partial charge in [-0.15, -0.1) is 0 Å². The number of ether oxygens (including phenoxy) is 1. The van der Waals surface area contributed by atoms with E-state index in [9.17, 15) is 0 Å². The molecule has 104 valence electrons. The van der Waals surface area contributed by atoms with Crippen LogP contribution in [0, 0.1) is 0 Å². The van der Waals surface area contributed by atoms with E-state index in [-0.39, 0.29) is 0 Å². The molecule has 0 bridgehead atoms. The van der Waals surface area contributed by atoms with Crippen LogP contribution in [0.5, 0.6) is 0 Å². The smallest absolute Gasteiger partial charge is 0.194 e. The minimum absolute atomic E-state index is 0.689. The number of nitrogens with zero attached hydrogens (tertiary/aromatic N) is 2. The third kappa shape index (κ3) is 3.96. The van der Waals surface area contributed by atoms with E-state index in [1.807, 2.05) is 0 Å². The SMILES string of the molecule is CCCOCc1ccccc1CNC1=NCCN1C. The van der Waals surface area contributed by atoms with Crippen LogP contribution in [0.1, 0.15) is 24.5 Å². The molecule has 0 aliphatic carbocycles. The lowest BCUT2D eigenvalue weighted by Gasteiger charge is -2.16. The molecule has 1 aliphatic heterocycles. The molecule has 0 fully saturated rings. The van der Waals surface area contributed by atoms with Crippen molar-refractivity contribution in [1.82, 2.24) is 10.2 Å². The minimum atomic E-state index is 0.689. The zero-order valence-corrected chi connectivity index (χ0v) is 11.9. The third-order valence-corrected chi connectivity index (χ3v) is 3.22. The summed E-state index contributed by atoms with van der Waals surface area (Å²) in [6.45, 7) is 6.32. The number of nitrogens with one attached hydrogen (secondary N) is 1. The van der Waals surface area contributed by atoms with E-state index in [0.29, 0.717) is 6.61 Å². The summed E-state index contributed by atoms with van der Waals surface area (Å²) in [7, 11) is 2.06. The molecule has 1 heterocycles. The maximum absolute atomic E-state index is 5.63. The monoisotopic (exact) mass is 261 g/mol. The van der Waals surface area contributed by atoms with Crippen molar-refractivity contribution < 1.29 is 4.74 Å². The summed E-state index contributed by atoms with van der Waals surface area (Å²) in [5.74, 6) is 0.990. The highest BCUT2D eigenvalue weighted by atomic mass is 16.5. The molecule has 0 spiro atoms. The first-order valence-electron chi connectivity index (χ1n) is 6.95. The standard InChI is InChI=1S/C15H23N3O/c1-3-10-19-12-14-7-5-4-6-13(14)11-17-15-16-8-9-18(15)2/h4-7H,3,8-12H2,1-2H3,(H,16,17). The molecular formula is C15H23N3O. The quantitative estimate of drug-likeness (QED) is 0.796. The average Bonchev–Trinajstić information content (AvgIpc) is 2.83. The lowest BCUT2D eigenvalue weighted by Crippen LogP contribution is -2.35. The first kappa shape index (κ1) is 13.9. The van der Waals surface area contributed by atoms with E-state index in [1.165, 1.54) is 11.1 Å². The summed E-state index contributed by atoms with van der Waals surface area (Å²) in [6, 6.07) is 8.41. The third-order valence-electron chi connectivity index (χ3n) is 3.22. The molecule has 1 aliphatic rings. The van der Waals surface area contributed by atoms with Crippen molar-refractivity contribution in [2.45, 2.75) is 26.5 Å². The van der Waals surface area contributed by atoms with Gasteiger partial charge in [0.25, 0.3) is 0 Å². The van der Waals surface area contributed by atoms with Crippen molar-refractivity contribution in [2.75, 3.05) is 26.7 Å². The molecule has 0 saturated carbocycles. The van der Waals surface area contributed by atoms with E-state index < -0.39 is 0 Å². The van der Waals surface area contributed by atoms with Crippen molar-refractivity contribution in [3.8, 4) is 0 Å². The van der Waals surface area contributed by atoms with Crippen LogP contribution in [-0.4, -0.2) is 37.6 Å². The second kappa shape index (κ2) is 7.14. The predicted molar refractivity (Wildman–Crippen MR) is 78.2 cm³/mol. The van der Waals surface area contributed by atoms with Gasteiger partial charge in [-0.1, -0.05) is 31.2 Å². The zero-order valence-electron chi connectivity index (χ0n) is 11.9. The summed E-state index contributed by atoms with van der Waals surface area (Å²) in [5, 5.41) is 3.40. The van der Waals surface area contributed by atoms with Gasteiger partial charge in [0.15, 0.2) is 5.96 Å². The van der Waals surface area contributed by atoms with Crippen LogP contribution in [0.15, 0.2) is 29.3 Å². The molecule has 0 aromatic heterocycles. The first-order valence-corrected chi connectivity index (χ1v) is 6.95. The minimum Gasteiger partial charge on any atom is -0.377 e. The van der Waals surface area contributed by atoms with Gasteiger partial charge in [0, 0.05) is 26.7 Å². The summed E-state index contributed by atoms with van der Waals surface area (Å²) >= 11 is 0. The first-order chi connectivity index (χ1) is 9.31. The number of hydrogen-bond acceptors (Lipinski definition) is 4. The highest BCUT2D eigenvalue weighted by Gasteiger charge is 2.12. The van der Waals surface area contributed by atoms with Gasteiger partial charge in [-0.2, -0.15) is 0 Å². The van der Waals surface area contributed by atoms with Gasteiger partial charge in [0.1, 0.15) is 0 Å². The Balaban J connectivity index is 1.91. The second-order valence-electron chi connectivity index (χ2n) is 4.80. The number of guanidine groups is 1. The maximum atomic E-state index is 5.63. The molecule has 0 saturated heterocycles. The van der Waals surface area contributed by atoms with E-state index in [1.54, 1.807) is 0 Å². The van der Waals surface area contributed by atoms with E-state index >= 15 is 0 Å². The fourth-order valence-electron chi connectivity index (χ4n) is 2.09. The lowest BCUT2D eigenvalue weighted by molar-refractivity contribution is 0.121. The Morgan fingerprint density at radius 1 is 1.32 bits per heavy atom. The fourth-order valence-corrected chi connectivity index (χ4v) is 2.09. The molecule has 1 aromatic rings. The zero-order chi connectivity index (χ0) is 13.5. The molecule has 0 radical (unpaired) electrons. The Bertz CT molecular complexity index is 431. The predicted octanol–water partition coefficient (Wildman–Crippen LogP) is 2.00. The Morgan fingerprint density at radius 2 is 2.11 bits per heavy atom. The molecule has 0 atom stereocenters. The van der Waals surface area contributed by atoms with Gasteiger partial charge >= 0.3 is 0 Å². The molecule has 19 heavy (non-hydrogen) atoms. The van der Waals surface area contributed by atoms with Crippen LogP contribution >= 0.6 is 0 Å². The molecule has 4 heteroatoms. The molecule has 1 aromatic carbocycles. The normalized spacial score (nSPS) is 14.6. The summed E-state index contributed by atoms with van der Waals surface area (Å²) < 4.78 is 5.63. The Morgan fingerprint density at radius 3 is 2.79 bits per heavy atom. The van der Waals surface area contributed by atoms with Crippen molar-refractivity contribution in [3.63, 3.8) is 0 Å². The fraction of sp³-hybridized carbons (Fsp3) is 0.533. The van der Waals surface area contributed by atoms with Crippen molar-refractivity contribution >= 4 is 5.96 Å². The van der Waals surface area contributed by atoms with Crippen LogP contribution in [0.3, 0.4) is 0 Å². The van der Waals surface area contributed by atoms with Gasteiger partial charge in [-0.05, 0) is 17.5 Å². The Kier molecular flexibility index (Phi) is 5.21.